The minimum Gasteiger partial charge on any atom is -0.328 e. The molecule has 102 valence electrons. The molecule has 1 N–H and O–H groups in total. The number of rotatable bonds is 5. The minimum absolute atomic E-state index is 0.704. The average Bonchev–Trinajstić information content (AvgIpc) is 2.32. The fraction of sp³-hybridized carbons (Fsp3) is 0.533. The third kappa shape index (κ3) is 7.07. The molecule has 0 unspecified atom stereocenters. The van der Waals surface area contributed by atoms with Crippen molar-refractivity contribution in [2.45, 2.75) is 33.6 Å². The van der Waals surface area contributed by atoms with E-state index in [9.17, 15) is 4.79 Å². The number of hydrogen-bond acceptors (Lipinski definition) is 2. The lowest BCUT2D eigenvalue weighted by Crippen LogP contribution is -2.12. The van der Waals surface area contributed by atoms with Gasteiger partial charge in [-0.25, -0.2) is 0 Å². The van der Waals surface area contributed by atoms with Gasteiger partial charge in [0.1, 0.15) is 0 Å². The number of carbonyl (C=O) groups is 1. The zero-order valence-electron chi connectivity index (χ0n) is 12.3. The SMILES string of the molecule is CCCCN(C)C.Cc1cccc(C)c1NC=O. The Kier molecular flexibility index (Phi) is 8.93. The molecule has 0 aromatic heterocycles. The molecule has 18 heavy (non-hydrogen) atoms. The molecule has 0 bridgehead atoms. The monoisotopic (exact) mass is 250 g/mol. The van der Waals surface area contributed by atoms with Gasteiger partial charge >= 0.3 is 0 Å². The van der Waals surface area contributed by atoms with Crippen LogP contribution >= 0.6 is 0 Å². The van der Waals surface area contributed by atoms with Gasteiger partial charge in [-0.2, -0.15) is 0 Å². The summed E-state index contributed by atoms with van der Waals surface area (Å²) in [5.41, 5.74) is 3.11. The van der Waals surface area contributed by atoms with Gasteiger partial charge in [0.2, 0.25) is 6.41 Å². The number of hydrogen-bond donors (Lipinski definition) is 1. The van der Waals surface area contributed by atoms with E-state index >= 15 is 0 Å². The van der Waals surface area contributed by atoms with E-state index in [4.69, 9.17) is 0 Å². The van der Waals surface area contributed by atoms with Crippen molar-refractivity contribution in [3.05, 3.63) is 29.3 Å². The Bertz CT molecular complexity index is 328. The summed E-state index contributed by atoms with van der Waals surface area (Å²) < 4.78 is 0. The Morgan fingerprint density at radius 3 is 2.11 bits per heavy atom. The van der Waals surface area contributed by atoms with E-state index in [0.717, 1.165) is 16.8 Å². The zero-order chi connectivity index (χ0) is 14.0. The summed E-state index contributed by atoms with van der Waals surface area (Å²) >= 11 is 0. The molecule has 0 aliphatic heterocycles. The Balaban J connectivity index is 0.000000360. The van der Waals surface area contributed by atoms with Crippen LogP contribution in [0.1, 0.15) is 30.9 Å². The van der Waals surface area contributed by atoms with Gasteiger partial charge in [0.05, 0.1) is 0 Å². The Morgan fingerprint density at radius 1 is 1.22 bits per heavy atom. The van der Waals surface area contributed by atoms with Gasteiger partial charge in [-0.15, -0.1) is 0 Å². The van der Waals surface area contributed by atoms with Crippen LogP contribution in [0.15, 0.2) is 18.2 Å². The highest BCUT2D eigenvalue weighted by atomic mass is 16.1. The van der Waals surface area contributed by atoms with Gasteiger partial charge in [-0.1, -0.05) is 31.5 Å². The lowest BCUT2D eigenvalue weighted by atomic mass is 10.1. The molecule has 1 rings (SSSR count). The summed E-state index contributed by atoms with van der Waals surface area (Å²) in [6.45, 7) is 7.39. The van der Waals surface area contributed by atoms with E-state index in [-0.39, 0.29) is 0 Å². The number of unbranched alkanes of at least 4 members (excludes halogenated alkanes) is 1. The van der Waals surface area contributed by atoms with Crippen LogP contribution in [0.4, 0.5) is 5.69 Å². The molecule has 0 saturated carbocycles. The van der Waals surface area contributed by atoms with Crippen LogP contribution in [0.5, 0.6) is 0 Å². The lowest BCUT2D eigenvalue weighted by Gasteiger charge is -2.06. The maximum atomic E-state index is 10.2. The highest BCUT2D eigenvalue weighted by Crippen LogP contribution is 2.17. The van der Waals surface area contributed by atoms with Crippen molar-refractivity contribution in [1.29, 1.82) is 0 Å². The smallest absolute Gasteiger partial charge is 0.211 e. The van der Waals surface area contributed by atoms with Crippen LogP contribution in [0.25, 0.3) is 0 Å². The normalized spacial score (nSPS) is 9.67. The Morgan fingerprint density at radius 2 is 1.78 bits per heavy atom. The topological polar surface area (TPSA) is 32.3 Å². The van der Waals surface area contributed by atoms with Gasteiger partial charge in [0, 0.05) is 5.69 Å². The number of para-hydroxylation sites is 1. The molecule has 0 heterocycles. The first-order chi connectivity index (χ1) is 8.52. The summed E-state index contributed by atoms with van der Waals surface area (Å²) in [5, 5.41) is 2.66. The molecule has 1 amide bonds. The molecule has 0 aliphatic rings. The van der Waals surface area contributed by atoms with Crippen LogP contribution < -0.4 is 5.32 Å². The fourth-order valence-corrected chi connectivity index (χ4v) is 1.58. The van der Waals surface area contributed by atoms with E-state index in [1.165, 1.54) is 19.4 Å². The number of aryl methyl sites for hydroxylation is 2. The van der Waals surface area contributed by atoms with Gasteiger partial charge in [0.15, 0.2) is 0 Å². The number of carbonyl (C=O) groups excluding carboxylic acids is 1. The van der Waals surface area contributed by atoms with Crippen molar-refractivity contribution >= 4 is 12.1 Å². The first-order valence-corrected chi connectivity index (χ1v) is 6.44. The van der Waals surface area contributed by atoms with Crippen molar-refractivity contribution < 1.29 is 4.79 Å². The van der Waals surface area contributed by atoms with Gasteiger partial charge in [-0.05, 0) is 52.0 Å². The summed E-state index contributed by atoms with van der Waals surface area (Å²) in [4.78, 5) is 12.4. The summed E-state index contributed by atoms with van der Waals surface area (Å²) in [5.74, 6) is 0. The second kappa shape index (κ2) is 9.66. The quantitative estimate of drug-likeness (QED) is 0.814. The molecular weight excluding hydrogens is 224 g/mol. The maximum absolute atomic E-state index is 10.2. The van der Waals surface area contributed by atoms with E-state index < -0.39 is 0 Å². The standard InChI is InChI=1S/C9H11NO.C6H15N/c1-7-4-3-5-8(2)9(7)10-6-11;1-4-5-6-7(2)3/h3-6H,1-2H3,(H,10,11);4-6H2,1-3H3. The first kappa shape index (κ1) is 16.6. The van der Waals surface area contributed by atoms with Crippen molar-refractivity contribution in [2.75, 3.05) is 26.0 Å². The number of benzene rings is 1. The van der Waals surface area contributed by atoms with Crippen LogP contribution in [0, 0.1) is 13.8 Å². The lowest BCUT2D eigenvalue weighted by molar-refractivity contribution is -0.105. The first-order valence-electron chi connectivity index (χ1n) is 6.44. The molecule has 0 spiro atoms. The van der Waals surface area contributed by atoms with Crippen molar-refractivity contribution in [1.82, 2.24) is 4.90 Å². The predicted octanol–water partition coefficient (Wildman–Crippen LogP) is 3.22. The summed E-state index contributed by atoms with van der Waals surface area (Å²) in [6.07, 6.45) is 3.33. The van der Waals surface area contributed by atoms with E-state index in [1.807, 2.05) is 32.0 Å². The van der Waals surface area contributed by atoms with Crippen LogP contribution in [-0.2, 0) is 4.79 Å². The highest BCUT2D eigenvalue weighted by Gasteiger charge is 1.98. The number of nitrogens with zero attached hydrogens (tertiary/aromatic N) is 1. The Labute approximate surface area is 111 Å². The molecule has 0 aliphatic carbocycles. The third-order valence-electron chi connectivity index (χ3n) is 2.64. The summed E-state index contributed by atoms with van der Waals surface area (Å²) in [6, 6.07) is 5.91. The number of nitrogens with one attached hydrogen (secondary N) is 1. The van der Waals surface area contributed by atoms with E-state index in [0.29, 0.717) is 6.41 Å². The maximum Gasteiger partial charge on any atom is 0.211 e. The highest BCUT2D eigenvalue weighted by molar-refractivity contribution is 5.75. The minimum atomic E-state index is 0.704. The molecule has 3 heteroatoms. The van der Waals surface area contributed by atoms with Crippen LogP contribution in [0.2, 0.25) is 0 Å². The number of anilines is 1. The summed E-state index contributed by atoms with van der Waals surface area (Å²) in [7, 11) is 4.21. The van der Waals surface area contributed by atoms with Crippen LogP contribution in [-0.4, -0.2) is 32.0 Å². The van der Waals surface area contributed by atoms with Crippen LogP contribution in [0.3, 0.4) is 0 Å². The fourth-order valence-electron chi connectivity index (χ4n) is 1.58. The van der Waals surface area contributed by atoms with Gasteiger partial charge in [0.25, 0.3) is 0 Å². The molecule has 0 atom stereocenters. The van der Waals surface area contributed by atoms with E-state index in [2.05, 4.69) is 31.2 Å². The molecular formula is C15H26N2O. The van der Waals surface area contributed by atoms with Gasteiger partial charge < -0.3 is 10.2 Å². The third-order valence-corrected chi connectivity index (χ3v) is 2.64. The van der Waals surface area contributed by atoms with Crippen molar-refractivity contribution in [3.63, 3.8) is 0 Å². The zero-order valence-corrected chi connectivity index (χ0v) is 12.3. The van der Waals surface area contributed by atoms with E-state index in [1.54, 1.807) is 0 Å². The van der Waals surface area contributed by atoms with Gasteiger partial charge in [-0.3, -0.25) is 4.79 Å². The molecule has 1 aromatic rings. The molecule has 1 aromatic carbocycles. The van der Waals surface area contributed by atoms with Crippen molar-refractivity contribution in [2.24, 2.45) is 0 Å². The Hall–Kier alpha value is -1.35. The molecule has 0 fully saturated rings. The second-order valence-corrected chi connectivity index (χ2v) is 4.69. The average molecular weight is 250 g/mol. The molecule has 0 saturated heterocycles. The largest absolute Gasteiger partial charge is 0.328 e. The molecule has 3 nitrogen and oxygen atoms in total. The van der Waals surface area contributed by atoms with Crippen molar-refractivity contribution in [3.8, 4) is 0 Å². The second-order valence-electron chi connectivity index (χ2n) is 4.69. The number of amides is 1. The predicted molar refractivity (Wildman–Crippen MR) is 79.1 cm³/mol. The molecule has 0 radical (unpaired) electrons.